The highest BCUT2D eigenvalue weighted by molar-refractivity contribution is 5.91. The minimum Gasteiger partial charge on any atom is -0.508 e. The fraction of sp³-hybridized carbons (Fsp3) is 0.348. The van der Waals surface area contributed by atoms with Crippen molar-refractivity contribution < 1.29 is 9.90 Å². The summed E-state index contributed by atoms with van der Waals surface area (Å²) >= 11 is 0. The Kier molecular flexibility index (Phi) is 9.14. The summed E-state index contributed by atoms with van der Waals surface area (Å²) in [6.45, 7) is 6.02. The zero-order chi connectivity index (χ0) is 19.3. The first-order valence-electron chi connectivity index (χ1n) is 9.68. The second-order valence-electron chi connectivity index (χ2n) is 6.63. The fourth-order valence-corrected chi connectivity index (χ4v) is 2.86. The second-order valence-corrected chi connectivity index (χ2v) is 6.63. The van der Waals surface area contributed by atoms with Gasteiger partial charge in [0, 0.05) is 19.2 Å². The van der Waals surface area contributed by atoms with Crippen LogP contribution < -0.4 is 5.32 Å². The molecule has 0 radical (unpaired) electrons. The molecular weight excluding hydrogens is 336 g/mol. The maximum atomic E-state index is 11.8. The van der Waals surface area contributed by atoms with E-state index in [0.717, 1.165) is 44.5 Å². The van der Waals surface area contributed by atoms with Gasteiger partial charge in [-0.3, -0.25) is 9.69 Å². The lowest BCUT2D eigenvalue weighted by molar-refractivity contribution is -0.116. The normalized spacial score (nSPS) is 11.2. The number of hydrogen-bond donors (Lipinski definition) is 2. The number of aromatic hydroxyl groups is 1. The van der Waals surface area contributed by atoms with E-state index in [0.29, 0.717) is 6.54 Å². The van der Waals surface area contributed by atoms with E-state index >= 15 is 0 Å². The molecule has 4 heteroatoms. The summed E-state index contributed by atoms with van der Waals surface area (Å²) in [5, 5.41) is 12.2. The lowest BCUT2D eigenvalue weighted by atomic mass is 10.2. The third kappa shape index (κ3) is 8.56. The van der Waals surface area contributed by atoms with E-state index in [-0.39, 0.29) is 11.7 Å². The Labute approximate surface area is 162 Å². The van der Waals surface area contributed by atoms with E-state index in [1.165, 1.54) is 11.6 Å². The molecule has 2 aromatic carbocycles. The van der Waals surface area contributed by atoms with Crippen molar-refractivity contribution in [1.29, 1.82) is 0 Å². The third-order valence-electron chi connectivity index (χ3n) is 4.47. The number of carbonyl (C=O) groups is 1. The Morgan fingerprint density at radius 2 is 1.78 bits per heavy atom. The fourth-order valence-electron chi connectivity index (χ4n) is 2.86. The maximum absolute atomic E-state index is 11.8. The first kappa shape index (κ1) is 20.7. The molecule has 0 fully saturated rings. The standard InChI is InChI=1S/C23H30N2O2/c1-2-25(19-21-9-5-3-6-10-21)18-8-4-7-17-24-23(27)16-13-20-11-14-22(26)15-12-20/h3,5-6,9-16,26H,2,4,7-8,17-19H2,1H3,(H,24,27)/b16-13+. The van der Waals surface area contributed by atoms with Gasteiger partial charge in [0.25, 0.3) is 0 Å². The van der Waals surface area contributed by atoms with Crippen LogP contribution in [0.3, 0.4) is 0 Å². The molecule has 1 amide bonds. The number of phenols is 1. The summed E-state index contributed by atoms with van der Waals surface area (Å²) in [4.78, 5) is 14.3. The van der Waals surface area contributed by atoms with Crippen molar-refractivity contribution in [2.45, 2.75) is 32.7 Å². The van der Waals surface area contributed by atoms with Crippen molar-refractivity contribution in [3.8, 4) is 5.75 Å². The highest BCUT2D eigenvalue weighted by atomic mass is 16.3. The Hall–Kier alpha value is -2.59. The van der Waals surface area contributed by atoms with E-state index in [2.05, 4.69) is 41.4 Å². The van der Waals surface area contributed by atoms with Gasteiger partial charge in [0.15, 0.2) is 0 Å². The van der Waals surface area contributed by atoms with Crippen LogP contribution in [-0.4, -0.2) is 35.5 Å². The number of amides is 1. The van der Waals surface area contributed by atoms with Gasteiger partial charge in [-0.05, 0) is 55.3 Å². The van der Waals surface area contributed by atoms with Crippen molar-refractivity contribution in [1.82, 2.24) is 10.2 Å². The van der Waals surface area contributed by atoms with E-state index in [9.17, 15) is 9.90 Å². The predicted octanol–water partition coefficient (Wildman–Crippen LogP) is 4.21. The van der Waals surface area contributed by atoms with Crippen molar-refractivity contribution in [2.75, 3.05) is 19.6 Å². The molecular formula is C23H30N2O2. The molecule has 0 saturated heterocycles. The first-order chi connectivity index (χ1) is 13.2. The molecule has 0 heterocycles. The zero-order valence-corrected chi connectivity index (χ0v) is 16.1. The molecule has 0 aromatic heterocycles. The molecule has 0 aliphatic carbocycles. The lowest BCUT2D eigenvalue weighted by Gasteiger charge is -2.20. The van der Waals surface area contributed by atoms with E-state index in [1.807, 2.05) is 6.07 Å². The minimum atomic E-state index is -0.0812. The molecule has 0 spiro atoms. The summed E-state index contributed by atoms with van der Waals surface area (Å²) in [6, 6.07) is 17.3. The molecule has 0 saturated carbocycles. The minimum absolute atomic E-state index is 0.0812. The first-order valence-corrected chi connectivity index (χ1v) is 9.68. The van der Waals surface area contributed by atoms with E-state index in [1.54, 1.807) is 30.3 Å². The summed E-state index contributed by atoms with van der Waals surface area (Å²) in [6.07, 6.45) is 6.51. The van der Waals surface area contributed by atoms with Gasteiger partial charge in [0.1, 0.15) is 5.75 Å². The molecule has 0 bridgehead atoms. The zero-order valence-electron chi connectivity index (χ0n) is 16.1. The quantitative estimate of drug-likeness (QED) is 0.463. The van der Waals surface area contributed by atoms with Gasteiger partial charge in [0.05, 0.1) is 0 Å². The van der Waals surface area contributed by atoms with Crippen LogP contribution in [0.2, 0.25) is 0 Å². The smallest absolute Gasteiger partial charge is 0.243 e. The Bertz CT molecular complexity index is 696. The molecule has 144 valence electrons. The SMILES string of the molecule is CCN(CCCCCNC(=O)/C=C/c1ccc(O)cc1)Cc1ccccc1. The molecule has 2 aromatic rings. The summed E-state index contributed by atoms with van der Waals surface area (Å²) < 4.78 is 0. The monoisotopic (exact) mass is 366 g/mol. The van der Waals surface area contributed by atoms with Crippen LogP contribution in [-0.2, 0) is 11.3 Å². The Morgan fingerprint density at radius 1 is 1.04 bits per heavy atom. The van der Waals surface area contributed by atoms with Gasteiger partial charge in [-0.25, -0.2) is 0 Å². The van der Waals surface area contributed by atoms with Crippen LogP contribution >= 0.6 is 0 Å². The molecule has 2 rings (SSSR count). The average Bonchev–Trinajstić information content (AvgIpc) is 2.70. The second kappa shape index (κ2) is 11.9. The average molecular weight is 367 g/mol. The van der Waals surface area contributed by atoms with Crippen LogP contribution in [0, 0.1) is 0 Å². The molecule has 0 unspecified atom stereocenters. The van der Waals surface area contributed by atoms with Gasteiger partial charge in [-0.15, -0.1) is 0 Å². The number of nitrogens with one attached hydrogen (secondary N) is 1. The van der Waals surface area contributed by atoms with Crippen molar-refractivity contribution >= 4 is 12.0 Å². The Morgan fingerprint density at radius 3 is 2.48 bits per heavy atom. The maximum Gasteiger partial charge on any atom is 0.243 e. The highest BCUT2D eigenvalue weighted by Crippen LogP contribution is 2.10. The number of unbranched alkanes of at least 4 members (excludes halogenated alkanes) is 2. The van der Waals surface area contributed by atoms with Crippen LogP contribution in [0.1, 0.15) is 37.3 Å². The number of phenolic OH excluding ortho intramolecular Hbond substituents is 1. The number of rotatable bonds is 11. The van der Waals surface area contributed by atoms with Gasteiger partial charge >= 0.3 is 0 Å². The van der Waals surface area contributed by atoms with Crippen molar-refractivity contribution in [3.05, 3.63) is 71.8 Å². The number of benzene rings is 2. The lowest BCUT2D eigenvalue weighted by Crippen LogP contribution is -2.25. The molecule has 27 heavy (non-hydrogen) atoms. The van der Waals surface area contributed by atoms with E-state index in [4.69, 9.17) is 0 Å². The Balaban J connectivity index is 1.56. The van der Waals surface area contributed by atoms with Crippen molar-refractivity contribution in [2.24, 2.45) is 0 Å². The molecule has 0 atom stereocenters. The van der Waals surface area contributed by atoms with Crippen molar-refractivity contribution in [3.63, 3.8) is 0 Å². The van der Waals surface area contributed by atoms with Gasteiger partial charge in [-0.1, -0.05) is 55.8 Å². The number of nitrogens with zero attached hydrogens (tertiary/aromatic N) is 1. The summed E-state index contributed by atoms with van der Waals surface area (Å²) in [7, 11) is 0. The summed E-state index contributed by atoms with van der Waals surface area (Å²) in [5.74, 6) is 0.143. The topological polar surface area (TPSA) is 52.6 Å². The van der Waals surface area contributed by atoms with Gasteiger partial charge in [0.2, 0.25) is 5.91 Å². The van der Waals surface area contributed by atoms with Crippen LogP contribution in [0.5, 0.6) is 5.75 Å². The van der Waals surface area contributed by atoms with Crippen LogP contribution in [0.15, 0.2) is 60.7 Å². The largest absolute Gasteiger partial charge is 0.508 e. The molecule has 0 aliphatic heterocycles. The molecule has 2 N–H and O–H groups in total. The van der Waals surface area contributed by atoms with Gasteiger partial charge < -0.3 is 10.4 Å². The van der Waals surface area contributed by atoms with Crippen LogP contribution in [0.25, 0.3) is 6.08 Å². The van der Waals surface area contributed by atoms with Crippen LogP contribution in [0.4, 0.5) is 0 Å². The summed E-state index contributed by atoms with van der Waals surface area (Å²) in [5.41, 5.74) is 2.24. The van der Waals surface area contributed by atoms with E-state index < -0.39 is 0 Å². The van der Waals surface area contributed by atoms with Gasteiger partial charge in [-0.2, -0.15) is 0 Å². The third-order valence-corrected chi connectivity index (χ3v) is 4.47. The highest BCUT2D eigenvalue weighted by Gasteiger charge is 2.03. The molecule has 4 nitrogen and oxygen atoms in total. The number of carbonyl (C=O) groups excluding carboxylic acids is 1. The predicted molar refractivity (Wildman–Crippen MR) is 111 cm³/mol. The molecule has 0 aliphatic rings. The number of hydrogen-bond acceptors (Lipinski definition) is 3.